The molecule has 0 amide bonds. The highest BCUT2D eigenvalue weighted by Gasteiger charge is 2.29. The van der Waals surface area contributed by atoms with E-state index in [9.17, 15) is 13.2 Å². The maximum Gasteiger partial charge on any atom is 0.305 e. The average Bonchev–Trinajstić information content (AvgIpc) is 2.36. The average molecular weight is 362 g/mol. The van der Waals surface area contributed by atoms with Crippen molar-refractivity contribution in [1.82, 2.24) is 4.90 Å². The minimum atomic E-state index is -2.97. The highest BCUT2D eigenvalue weighted by molar-refractivity contribution is 9.10. The fourth-order valence-electron chi connectivity index (χ4n) is 2.38. The fraction of sp³-hybridized carbons (Fsp3) is 0.462. The van der Waals surface area contributed by atoms with E-state index in [1.165, 1.54) is 0 Å². The van der Waals surface area contributed by atoms with Crippen LogP contribution in [-0.4, -0.2) is 49.0 Å². The van der Waals surface area contributed by atoms with Gasteiger partial charge in [-0.3, -0.25) is 9.69 Å². The summed E-state index contributed by atoms with van der Waals surface area (Å²) in [7, 11) is -2.97. The number of carboxylic acids is 1. The van der Waals surface area contributed by atoms with Gasteiger partial charge in [-0.05, 0) is 17.7 Å². The second kappa shape index (κ2) is 6.24. The van der Waals surface area contributed by atoms with Crippen LogP contribution in [0.15, 0.2) is 28.7 Å². The molecule has 0 unspecified atom stereocenters. The molecule has 0 bridgehead atoms. The fourth-order valence-corrected chi connectivity index (χ4v) is 4.02. The van der Waals surface area contributed by atoms with Crippen molar-refractivity contribution in [3.8, 4) is 0 Å². The van der Waals surface area contributed by atoms with Crippen molar-refractivity contribution >= 4 is 31.7 Å². The van der Waals surface area contributed by atoms with Crippen molar-refractivity contribution in [2.75, 3.05) is 24.6 Å². The monoisotopic (exact) mass is 361 g/mol. The van der Waals surface area contributed by atoms with Crippen LogP contribution in [0.4, 0.5) is 0 Å². The number of hydrogen-bond acceptors (Lipinski definition) is 4. The van der Waals surface area contributed by atoms with Gasteiger partial charge in [0.1, 0.15) is 0 Å². The van der Waals surface area contributed by atoms with Gasteiger partial charge in [0.05, 0.1) is 17.9 Å². The number of benzene rings is 1. The molecule has 1 aliphatic rings. The van der Waals surface area contributed by atoms with Crippen LogP contribution < -0.4 is 0 Å². The first kappa shape index (κ1) is 15.5. The van der Waals surface area contributed by atoms with Crippen LogP contribution in [0.5, 0.6) is 0 Å². The topological polar surface area (TPSA) is 74.7 Å². The number of aliphatic carboxylic acids is 1. The van der Waals surface area contributed by atoms with Gasteiger partial charge in [0.15, 0.2) is 9.84 Å². The van der Waals surface area contributed by atoms with E-state index < -0.39 is 15.8 Å². The Morgan fingerprint density at radius 1 is 1.35 bits per heavy atom. The Labute approximate surface area is 126 Å². The summed E-state index contributed by atoms with van der Waals surface area (Å²) in [5.74, 6) is -0.697. The first-order valence-electron chi connectivity index (χ1n) is 6.29. The standard InChI is InChI=1S/C13H16BrNO4S/c14-11-3-1-2-10(8-11)12(9-13(16)17)15-4-6-20(18,19)7-5-15/h1-3,8,12H,4-7,9H2,(H,16,17)/t12-/m1/s1. The van der Waals surface area contributed by atoms with Crippen molar-refractivity contribution in [1.29, 1.82) is 0 Å². The third-order valence-corrected chi connectivity index (χ3v) is 5.52. The molecular formula is C13H16BrNO4S. The zero-order valence-electron chi connectivity index (χ0n) is 10.8. The molecule has 5 nitrogen and oxygen atoms in total. The van der Waals surface area contributed by atoms with Crippen LogP contribution in [-0.2, 0) is 14.6 Å². The quantitative estimate of drug-likeness (QED) is 0.883. The minimum absolute atomic E-state index is 0.0312. The van der Waals surface area contributed by atoms with E-state index in [0.29, 0.717) is 13.1 Å². The molecule has 1 N–H and O–H groups in total. The number of rotatable bonds is 4. The molecule has 7 heteroatoms. The highest BCUT2D eigenvalue weighted by Crippen LogP contribution is 2.28. The lowest BCUT2D eigenvalue weighted by atomic mass is 10.0. The summed E-state index contributed by atoms with van der Waals surface area (Å²) in [4.78, 5) is 13.0. The number of nitrogens with zero attached hydrogens (tertiary/aromatic N) is 1. The van der Waals surface area contributed by atoms with Crippen LogP contribution in [0.1, 0.15) is 18.0 Å². The molecule has 0 aromatic heterocycles. The van der Waals surface area contributed by atoms with E-state index in [1.54, 1.807) is 0 Å². The molecule has 1 saturated heterocycles. The molecule has 20 heavy (non-hydrogen) atoms. The molecule has 1 aromatic rings. The predicted octanol–water partition coefficient (Wildman–Crippen LogP) is 1.70. The maximum atomic E-state index is 11.5. The van der Waals surface area contributed by atoms with Gasteiger partial charge < -0.3 is 5.11 Å². The lowest BCUT2D eigenvalue weighted by Gasteiger charge is -2.34. The second-order valence-corrected chi connectivity index (χ2v) is 8.08. The van der Waals surface area contributed by atoms with E-state index in [1.807, 2.05) is 29.2 Å². The Morgan fingerprint density at radius 2 is 2.00 bits per heavy atom. The lowest BCUT2D eigenvalue weighted by molar-refractivity contribution is -0.138. The van der Waals surface area contributed by atoms with Crippen molar-refractivity contribution < 1.29 is 18.3 Å². The minimum Gasteiger partial charge on any atom is -0.481 e. The molecule has 0 saturated carbocycles. The summed E-state index contributed by atoms with van der Waals surface area (Å²) in [5.41, 5.74) is 0.890. The Balaban J connectivity index is 2.22. The van der Waals surface area contributed by atoms with Crippen molar-refractivity contribution in [3.63, 3.8) is 0 Å². The number of sulfone groups is 1. The molecule has 110 valence electrons. The van der Waals surface area contributed by atoms with Crippen LogP contribution in [0, 0.1) is 0 Å². The first-order chi connectivity index (χ1) is 9.37. The van der Waals surface area contributed by atoms with Crippen LogP contribution >= 0.6 is 15.9 Å². The van der Waals surface area contributed by atoms with E-state index >= 15 is 0 Å². The summed E-state index contributed by atoms with van der Waals surface area (Å²) in [6.45, 7) is 0.763. The Morgan fingerprint density at radius 3 is 2.55 bits per heavy atom. The van der Waals surface area contributed by atoms with Gasteiger partial charge >= 0.3 is 5.97 Å². The maximum absolute atomic E-state index is 11.5. The van der Waals surface area contributed by atoms with Gasteiger partial charge in [0.2, 0.25) is 0 Å². The molecule has 1 aliphatic heterocycles. The van der Waals surface area contributed by atoms with Gasteiger partial charge in [0, 0.05) is 23.6 Å². The molecule has 0 radical (unpaired) electrons. The zero-order chi connectivity index (χ0) is 14.8. The first-order valence-corrected chi connectivity index (χ1v) is 8.90. The molecule has 1 heterocycles. The van der Waals surface area contributed by atoms with Crippen LogP contribution in [0.3, 0.4) is 0 Å². The Hall–Kier alpha value is -0.920. The third kappa shape index (κ3) is 4.04. The number of halogens is 1. The summed E-state index contributed by atoms with van der Waals surface area (Å²) < 4.78 is 23.8. The van der Waals surface area contributed by atoms with E-state index in [-0.39, 0.29) is 24.0 Å². The van der Waals surface area contributed by atoms with Gasteiger partial charge in [-0.25, -0.2) is 8.42 Å². The summed E-state index contributed by atoms with van der Waals surface area (Å²) in [5, 5.41) is 9.09. The predicted molar refractivity (Wildman–Crippen MR) is 79.4 cm³/mol. The Bertz CT molecular complexity index is 588. The third-order valence-electron chi connectivity index (χ3n) is 3.42. The summed E-state index contributed by atoms with van der Waals surface area (Å²) in [6, 6.07) is 7.20. The van der Waals surface area contributed by atoms with E-state index in [2.05, 4.69) is 15.9 Å². The van der Waals surface area contributed by atoms with Crippen molar-refractivity contribution in [2.24, 2.45) is 0 Å². The SMILES string of the molecule is O=C(O)C[C@H](c1cccc(Br)c1)N1CCS(=O)(=O)CC1. The molecule has 1 atom stereocenters. The highest BCUT2D eigenvalue weighted by atomic mass is 79.9. The smallest absolute Gasteiger partial charge is 0.305 e. The molecule has 0 aliphatic carbocycles. The van der Waals surface area contributed by atoms with Crippen LogP contribution in [0.2, 0.25) is 0 Å². The van der Waals surface area contributed by atoms with Crippen molar-refractivity contribution in [2.45, 2.75) is 12.5 Å². The van der Waals surface area contributed by atoms with Gasteiger partial charge in [0.25, 0.3) is 0 Å². The number of carboxylic acid groups (broad SMARTS) is 1. The van der Waals surface area contributed by atoms with Crippen molar-refractivity contribution in [3.05, 3.63) is 34.3 Å². The largest absolute Gasteiger partial charge is 0.481 e. The molecule has 1 aromatic carbocycles. The van der Waals surface area contributed by atoms with E-state index in [0.717, 1.165) is 10.0 Å². The van der Waals surface area contributed by atoms with Crippen LogP contribution in [0.25, 0.3) is 0 Å². The van der Waals surface area contributed by atoms with Gasteiger partial charge in [-0.2, -0.15) is 0 Å². The summed E-state index contributed by atoms with van der Waals surface area (Å²) in [6.07, 6.45) is -0.0312. The number of carbonyl (C=O) groups is 1. The zero-order valence-corrected chi connectivity index (χ0v) is 13.2. The second-order valence-electron chi connectivity index (χ2n) is 4.86. The van der Waals surface area contributed by atoms with E-state index in [4.69, 9.17) is 5.11 Å². The van der Waals surface area contributed by atoms with Gasteiger partial charge in [-0.15, -0.1) is 0 Å². The number of hydrogen-bond donors (Lipinski definition) is 1. The Kier molecular flexibility index (Phi) is 4.82. The molecule has 2 rings (SSSR count). The van der Waals surface area contributed by atoms with Gasteiger partial charge in [-0.1, -0.05) is 28.1 Å². The normalized spacial score (nSPS) is 20.4. The molecular weight excluding hydrogens is 346 g/mol. The summed E-state index contributed by atoms with van der Waals surface area (Å²) >= 11 is 3.38. The molecule has 0 spiro atoms. The lowest BCUT2D eigenvalue weighted by Crippen LogP contribution is -2.42. The molecule has 1 fully saturated rings.